The zero-order valence-corrected chi connectivity index (χ0v) is 14.9. The molecule has 2 aromatic rings. The first-order valence-corrected chi connectivity index (χ1v) is 9.36. The van der Waals surface area contributed by atoms with Crippen LogP contribution < -0.4 is 0 Å². The summed E-state index contributed by atoms with van der Waals surface area (Å²) >= 11 is 5.13. The molecule has 22 heavy (non-hydrogen) atoms. The van der Waals surface area contributed by atoms with Gasteiger partial charge in [0, 0.05) is 22.5 Å². The van der Waals surface area contributed by atoms with Gasteiger partial charge < -0.3 is 4.90 Å². The van der Waals surface area contributed by atoms with Crippen LogP contribution in [0.25, 0.3) is 0 Å². The van der Waals surface area contributed by atoms with E-state index >= 15 is 0 Å². The normalized spacial score (nSPS) is 14.7. The SMILES string of the molecule is CSc1ccccc1C(=O)N1CC(Cc2cccc(Br)c2)C1. The van der Waals surface area contributed by atoms with E-state index in [4.69, 9.17) is 0 Å². The zero-order valence-electron chi connectivity index (χ0n) is 12.5. The standard InChI is InChI=1S/C18H18BrNOS/c1-22-17-8-3-2-7-16(17)18(21)20-11-14(12-20)9-13-5-4-6-15(19)10-13/h2-8,10,14H,9,11-12H2,1H3. The lowest BCUT2D eigenvalue weighted by atomic mass is 9.91. The number of nitrogens with zero attached hydrogens (tertiary/aromatic N) is 1. The Morgan fingerprint density at radius 2 is 2.00 bits per heavy atom. The third kappa shape index (κ3) is 3.39. The maximum atomic E-state index is 12.6. The Balaban J connectivity index is 1.60. The van der Waals surface area contributed by atoms with E-state index in [9.17, 15) is 4.79 Å². The van der Waals surface area contributed by atoms with Crippen molar-refractivity contribution < 1.29 is 4.79 Å². The second-order valence-corrected chi connectivity index (χ2v) is 7.37. The van der Waals surface area contributed by atoms with Gasteiger partial charge in [-0.2, -0.15) is 0 Å². The fraction of sp³-hybridized carbons (Fsp3) is 0.278. The van der Waals surface area contributed by atoms with Crippen molar-refractivity contribution in [1.29, 1.82) is 0 Å². The predicted molar refractivity (Wildman–Crippen MR) is 95.5 cm³/mol. The second kappa shape index (κ2) is 6.88. The average Bonchev–Trinajstić information content (AvgIpc) is 2.50. The minimum Gasteiger partial charge on any atom is -0.338 e. The first-order valence-electron chi connectivity index (χ1n) is 7.34. The number of hydrogen-bond acceptors (Lipinski definition) is 2. The highest BCUT2D eigenvalue weighted by Crippen LogP contribution is 2.27. The van der Waals surface area contributed by atoms with E-state index in [1.165, 1.54) is 5.56 Å². The summed E-state index contributed by atoms with van der Waals surface area (Å²) in [5, 5.41) is 0. The van der Waals surface area contributed by atoms with E-state index in [0.29, 0.717) is 5.92 Å². The summed E-state index contributed by atoms with van der Waals surface area (Å²) in [6.45, 7) is 1.71. The molecule has 0 spiro atoms. The van der Waals surface area contributed by atoms with Crippen LogP contribution >= 0.6 is 27.7 Å². The van der Waals surface area contributed by atoms with Gasteiger partial charge in [0.25, 0.3) is 5.91 Å². The quantitative estimate of drug-likeness (QED) is 0.733. The fourth-order valence-electron chi connectivity index (χ4n) is 2.85. The van der Waals surface area contributed by atoms with Gasteiger partial charge in [-0.3, -0.25) is 4.79 Å². The van der Waals surface area contributed by atoms with E-state index in [-0.39, 0.29) is 5.91 Å². The molecule has 0 bridgehead atoms. The molecule has 0 saturated carbocycles. The molecule has 0 atom stereocenters. The molecule has 0 unspecified atom stereocenters. The number of benzene rings is 2. The summed E-state index contributed by atoms with van der Waals surface area (Å²) in [5.41, 5.74) is 2.16. The Kier molecular flexibility index (Phi) is 4.89. The smallest absolute Gasteiger partial charge is 0.255 e. The summed E-state index contributed by atoms with van der Waals surface area (Å²) in [7, 11) is 0. The fourth-order valence-corrected chi connectivity index (χ4v) is 3.89. The van der Waals surface area contributed by atoms with Crippen LogP contribution in [0.1, 0.15) is 15.9 Å². The van der Waals surface area contributed by atoms with Crippen LogP contribution in [-0.4, -0.2) is 30.2 Å². The first kappa shape index (κ1) is 15.6. The molecule has 1 heterocycles. The lowest BCUT2D eigenvalue weighted by Crippen LogP contribution is -2.50. The number of likely N-dealkylation sites (tertiary alicyclic amines) is 1. The summed E-state index contributed by atoms with van der Waals surface area (Å²) in [4.78, 5) is 15.6. The minimum absolute atomic E-state index is 0.162. The number of amides is 1. The van der Waals surface area contributed by atoms with Crippen LogP contribution in [0, 0.1) is 5.92 Å². The summed E-state index contributed by atoms with van der Waals surface area (Å²) in [6, 6.07) is 16.3. The van der Waals surface area contributed by atoms with Gasteiger partial charge >= 0.3 is 0 Å². The molecule has 1 fully saturated rings. The zero-order chi connectivity index (χ0) is 15.5. The molecule has 0 aliphatic carbocycles. The molecule has 1 amide bonds. The van der Waals surface area contributed by atoms with Crippen molar-refractivity contribution in [2.24, 2.45) is 5.92 Å². The molecule has 2 aromatic carbocycles. The van der Waals surface area contributed by atoms with Crippen LogP contribution in [0.5, 0.6) is 0 Å². The Morgan fingerprint density at radius 3 is 2.73 bits per heavy atom. The number of halogens is 1. The van der Waals surface area contributed by atoms with E-state index in [1.807, 2.05) is 41.5 Å². The van der Waals surface area contributed by atoms with Gasteiger partial charge in [-0.15, -0.1) is 11.8 Å². The number of thioether (sulfide) groups is 1. The molecule has 114 valence electrons. The summed E-state index contributed by atoms with van der Waals surface area (Å²) in [6.07, 6.45) is 3.05. The van der Waals surface area contributed by atoms with E-state index in [2.05, 4.69) is 34.1 Å². The number of rotatable bonds is 4. The van der Waals surface area contributed by atoms with Crippen molar-refractivity contribution in [2.75, 3.05) is 19.3 Å². The maximum absolute atomic E-state index is 12.6. The van der Waals surface area contributed by atoms with E-state index in [1.54, 1.807) is 11.8 Å². The Hall–Kier alpha value is -1.26. The summed E-state index contributed by atoms with van der Waals surface area (Å²) < 4.78 is 1.12. The highest BCUT2D eigenvalue weighted by Gasteiger charge is 2.31. The molecule has 4 heteroatoms. The van der Waals surface area contributed by atoms with Crippen molar-refractivity contribution in [2.45, 2.75) is 11.3 Å². The van der Waals surface area contributed by atoms with Crippen LogP contribution in [0.2, 0.25) is 0 Å². The van der Waals surface area contributed by atoms with E-state index < -0.39 is 0 Å². The molecule has 0 radical (unpaired) electrons. The molecule has 0 N–H and O–H groups in total. The van der Waals surface area contributed by atoms with Gasteiger partial charge in [-0.1, -0.05) is 40.2 Å². The second-order valence-electron chi connectivity index (χ2n) is 5.61. The van der Waals surface area contributed by atoms with Gasteiger partial charge in [-0.05, 0) is 48.4 Å². The van der Waals surface area contributed by atoms with Gasteiger partial charge in [0.2, 0.25) is 0 Å². The Morgan fingerprint density at radius 1 is 1.23 bits per heavy atom. The highest BCUT2D eigenvalue weighted by atomic mass is 79.9. The lowest BCUT2D eigenvalue weighted by Gasteiger charge is -2.39. The van der Waals surface area contributed by atoms with Crippen LogP contribution in [0.3, 0.4) is 0 Å². The van der Waals surface area contributed by atoms with Crippen molar-refractivity contribution in [1.82, 2.24) is 4.90 Å². The van der Waals surface area contributed by atoms with Gasteiger partial charge in [0.05, 0.1) is 5.56 Å². The van der Waals surface area contributed by atoms with Crippen LogP contribution in [0.4, 0.5) is 0 Å². The van der Waals surface area contributed by atoms with Gasteiger partial charge in [-0.25, -0.2) is 0 Å². The molecule has 2 nitrogen and oxygen atoms in total. The molecular formula is C18H18BrNOS. The Bertz CT molecular complexity index is 682. The maximum Gasteiger partial charge on any atom is 0.255 e. The molecule has 3 rings (SSSR count). The first-order chi connectivity index (χ1) is 10.7. The topological polar surface area (TPSA) is 20.3 Å². The number of carbonyl (C=O) groups is 1. The number of carbonyl (C=O) groups excluding carboxylic acids is 1. The lowest BCUT2D eigenvalue weighted by molar-refractivity contribution is 0.0497. The van der Waals surface area contributed by atoms with Crippen molar-refractivity contribution in [3.05, 3.63) is 64.1 Å². The predicted octanol–water partition coefficient (Wildman–Crippen LogP) is 4.49. The van der Waals surface area contributed by atoms with Gasteiger partial charge in [0.15, 0.2) is 0 Å². The highest BCUT2D eigenvalue weighted by molar-refractivity contribution is 9.10. The van der Waals surface area contributed by atoms with E-state index in [0.717, 1.165) is 34.4 Å². The molecule has 1 aliphatic heterocycles. The van der Waals surface area contributed by atoms with Crippen molar-refractivity contribution in [3.63, 3.8) is 0 Å². The molecular weight excluding hydrogens is 358 g/mol. The van der Waals surface area contributed by atoms with Crippen LogP contribution in [-0.2, 0) is 6.42 Å². The number of hydrogen-bond donors (Lipinski definition) is 0. The Labute approximate surface area is 144 Å². The summed E-state index contributed by atoms with van der Waals surface area (Å²) in [5.74, 6) is 0.732. The monoisotopic (exact) mass is 375 g/mol. The third-order valence-electron chi connectivity index (χ3n) is 4.00. The third-order valence-corrected chi connectivity index (χ3v) is 5.28. The molecule has 1 aliphatic rings. The molecule has 1 saturated heterocycles. The van der Waals surface area contributed by atoms with Crippen molar-refractivity contribution in [3.8, 4) is 0 Å². The van der Waals surface area contributed by atoms with Crippen molar-refractivity contribution >= 4 is 33.6 Å². The average molecular weight is 376 g/mol. The minimum atomic E-state index is 0.162. The van der Waals surface area contributed by atoms with Crippen LogP contribution in [0.15, 0.2) is 57.9 Å². The van der Waals surface area contributed by atoms with Gasteiger partial charge in [0.1, 0.15) is 0 Å². The molecule has 0 aromatic heterocycles. The largest absolute Gasteiger partial charge is 0.338 e.